The van der Waals surface area contributed by atoms with E-state index in [0.29, 0.717) is 5.69 Å². The lowest BCUT2D eigenvalue weighted by Crippen LogP contribution is -2.41. The number of para-hydroxylation sites is 1. The number of benzene rings is 3. The highest BCUT2D eigenvalue weighted by atomic mass is 32.2. The molecule has 1 N–H and O–H groups in total. The van der Waals surface area contributed by atoms with Gasteiger partial charge in [0.1, 0.15) is 18.9 Å². The summed E-state index contributed by atoms with van der Waals surface area (Å²) in [5.74, 6) is 0.345. The molecule has 6 nitrogen and oxygen atoms in total. The van der Waals surface area contributed by atoms with Gasteiger partial charge in [-0.25, -0.2) is 8.42 Å². The van der Waals surface area contributed by atoms with Crippen LogP contribution >= 0.6 is 11.8 Å². The van der Waals surface area contributed by atoms with Crippen LogP contribution in [0.1, 0.15) is 11.1 Å². The van der Waals surface area contributed by atoms with Crippen molar-refractivity contribution in [2.75, 3.05) is 30.3 Å². The van der Waals surface area contributed by atoms with Gasteiger partial charge in [0, 0.05) is 4.90 Å². The smallest absolute Gasteiger partial charge is 0.264 e. The van der Waals surface area contributed by atoms with E-state index < -0.39 is 15.9 Å². The average molecular weight is 485 g/mol. The number of carbonyl (C=O) groups excluding carboxylic acids is 1. The molecule has 0 heterocycles. The minimum Gasteiger partial charge on any atom is -0.491 e. The minimum absolute atomic E-state index is 0.136. The fourth-order valence-corrected chi connectivity index (χ4v) is 4.99. The van der Waals surface area contributed by atoms with Crippen molar-refractivity contribution >= 4 is 33.4 Å². The van der Waals surface area contributed by atoms with E-state index in [0.717, 1.165) is 26.1 Å². The van der Waals surface area contributed by atoms with Crippen molar-refractivity contribution in [1.29, 1.82) is 0 Å². The lowest BCUT2D eigenvalue weighted by Gasteiger charge is -2.24. The number of hydrogen-bond donors (Lipinski definition) is 1. The van der Waals surface area contributed by atoms with Crippen LogP contribution in [-0.4, -0.2) is 40.3 Å². The summed E-state index contributed by atoms with van der Waals surface area (Å²) in [7, 11) is -3.93. The highest BCUT2D eigenvalue weighted by Crippen LogP contribution is 2.25. The van der Waals surface area contributed by atoms with Gasteiger partial charge in [0.05, 0.1) is 17.1 Å². The van der Waals surface area contributed by atoms with Crippen LogP contribution in [0.5, 0.6) is 5.75 Å². The van der Waals surface area contributed by atoms with Crippen molar-refractivity contribution in [3.8, 4) is 5.75 Å². The summed E-state index contributed by atoms with van der Waals surface area (Å²) in [6, 6.07) is 21.3. The summed E-state index contributed by atoms with van der Waals surface area (Å²) < 4.78 is 33.7. The number of aryl methyl sites for hydroxylation is 2. The van der Waals surface area contributed by atoms with Crippen LogP contribution in [0.15, 0.2) is 82.6 Å². The van der Waals surface area contributed by atoms with Gasteiger partial charge in [-0.1, -0.05) is 35.9 Å². The molecule has 0 aliphatic heterocycles. The zero-order valence-corrected chi connectivity index (χ0v) is 20.6. The summed E-state index contributed by atoms with van der Waals surface area (Å²) in [4.78, 5) is 13.8. The number of nitrogens with zero attached hydrogens (tertiary/aromatic N) is 1. The summed E-state index contributed by atoms with van der Waals surface area (Å²) in [6.07, 6.45) is 1.93. The highest BCUT2D eigenvalue weighted by molar-refractivity contribution is 7.98. The van der Waals surface area contributed by atoms with E-state index in [1.165, 1.54) is 11.8 Å². The van der Waals surface area contributed by atoms with Crippen LogP contribution in [0.4, 0.5) is 5.69 Å². The van der Waals surface area contributed by atoms with Gasteiger partial charge >= 0.3 is 0 Å². The van der Waals surface area contributed by atoms with E-state index in [2.05, 4.69) is 5.32 Å². The lowest BCUT2D eigenvalue weighted by molar-refractivity contribution is -0.119. The van der Waals surface area contributed by atoms with Crippen molar-refractivity contribution < 1.29 is 17.9 Å². The van der Waals surface area contributed by atoms with E-state index in [-0.39, 0.29) is 24.6 Å². The third-order valence-electron chi connectivity index (χ3n) is 5.03. The molecule has 1 amide bonds. The number of rotatable bonds is 10. The van der Waals surface area contributed by atoms with Crippen LogP contribution < -0.4 is 14.4 Å². The molecular weight excluding hydrogens is 456 g/mol. The SMILES string of the molecule is CSc1ccc(S(=O)(=O)N(CC(=O)NCCOc2ccccc2C)c2ccc(C)cc2)cc1. The Balaban J connectivity index is 1.72. The average Bonchev–Trinajstić information content (AvgIpc) is 2.82. The van der Waals surface area contributed by atoms with Gasteiger partial charge in [0.15, 0.2) is 0 Å². The number of anilines is 1. The normalized spacial score (nSPS) is 11.1. The lowest BCUT2D eigenvalue weighted by atomic mass is 10.2. The van der Waals surface area contributed by atoms with E-state index in [4.69, 9.17) is 4.74 Å². The Morgan fingerprint density at radius 3 is 2.27 bits per heavy atom. The summed E-state index contributed by atoms with van der Waals surface area (Å²) in [5.41, 5.74) is 2.44. The second kappa shape index (κ2) is 11.2. The molecular formula is C25H28N2O4S2. The molecule has 3 aromatic carbocycles. The zero-order chi connectivity index (χ0) is 23.8. The maximum atomic E-state index is 13.4. The number of nitrogens with one attached hydrogen (secondary N) is 1. The molecule has 0 atom stereocenters. The first-order chi connectivity index (χ1) is 15.8. The molecule has 0 radical (unpaired) electrons. The van der Waals surface area contributed by atoms with Gasteiger partial charge < -0.3 is 10.1 Å². The number of ether oxygens (including phenoxy) is 1. The predicted octanol–water partition coefficient (Wildman–Crippen LogP) is 4.42. The fraction of sp³-hybridized carbons (Fsp3) is 0.240. The van der Waals surface area contributed by atoms with E-state index >= 15 is 0 Å². The third-order valence-corrected chi connectivity index (χ3v) is 7.56. The standard InChI is InChI=1S/C25H28N2O4S2/c1-19-8-10-21(11-9-19)27(33(29,30)23-14-12-22(32-3)13-15-23)18-25(28)26-16-17-31-24-7-5-4-6-20(24)2/h4-15H,16-18H2,1-3H3,(H,26,28). The first-order valence-electron chi connectivity index (χ1n) is 10.5. The zero-order valence-electron chi connectivity index (χ0n) is 18.9. The molecule has 0 unspecified atom stereocenters. The van der Waals surface area contributed by atoms with Crippen molar-refractivity contribution in [2.24, 2.45) is 0 Å². The largest absolute Gasteiger partial charge is 0.491 e. The Bertz CT molecular complexity index is 1180. The molecule has 3 aromatic rings. The maximum absolute atomic E-state index is 13.4. The fourth-order valence-electron chi connectivity index (χ4n) is 3.16. The van der Waals surface area contributed by atoms with Crippen LogP contribution in [0.2, 0.25) is 0 Å². The van der Waals surface area contributed by atoms with Crippen LogP contribution in [0, 0.1) is 13.8 Å². The monoisotopic (exact) mass is 484 g/mol. The quantitative estimate of drug-likeness (QED) is 0.341. The molecule has 0 spiro atoms. The molecule has 0 aliphatic rings. The third kappa shape index (κ3) is 6.52. The number of hydrogen-bond acceptors (Lipinski definition) is 5. The molecule has 0 aliphatic carbocycles. The first kappa shape index (κ1) is 24.7. The van der Waals surface area contributed by atoms with Gasteiger partial charge in [-0.2, -0.15) is 0 Å². The molecule has 8 heteroatoms. The Morgan fingerprint density at radius 2 is 1.64 bits per heavy atom. The summed E-state index contributed by atoms with van der Waals surface area (Å²) in [6.45, 7) is 4.08. The van der Waals surface area contributed by atoms with Crippen LogP contribution in [0.3, 0.4) is 0 Å². The molecule has 33 heavy (non-hydrogen) atoms. The Kier molecular flexibility index (Phi) is 8.41. The number of amides is 1. The van der Waals surface area contributed by atoms with E-state index in [9.17, 15) is 13.2 Å². The van der Waals surface area contributed by atoms with Gasteiger partial charge in [-0.3, -0.25) is 9.10 Å². The summed E-state index contributed by atoms with van der Waals surface area (Å²) >= 11 is 1.53. The predicted molar refractivity (Wildman–Crippen MR) is 134 cm³/mol. The van der Waals surface area contributed by atoms with Gasteiger partial charge in [-0.15, -0.1) is 11.8 Å². The van der Waals surface area contributed by atoms with E-state index in [1.807, 2.05) is 56.5 Å². The second-order valence-electron chi connectivity index (χ2n) is 7.49. The molecule has 0 bridgehead atoms. The van der Waals surface area contributed by atoms with Crippen molar-refractivity contribution in [1.82, 2.24) is 5.32 Å². The molecule has 0 saturated heterocycles. The molecule has 0 aromatic heterocycles. The molecule has 0 saturated carbocycles. The molecule has 0 fully saturated rings. The van der Waals surface area contributed by atoms with Crippen LogP contribution in [-0.2, 0) is 14.8 Å². The highest BCUT2D eigenvalue weighted by Gasteiger charge is 2.27. The Hall–Kier alpha value is -2.97. The number of thioether (sulfide) groups is 1. The van der Waals surface area contributed by atoms with Gasteiger partial charge in [0.25, 0.3) is 10.0 Å². The van der Waals surface area contributed by atoms with Gasteiger partial charge in [-0.05, 0) is 68.1 Å². The minimum atomic E-state index is -3.93. The van der Waals surface area contributed by atoms with Crippen LogP contribution in [0.25, 0.3) is 0 Å². The first-order valence-corrected chi connectivity index (χ1v) is 13.2. The van der Waals surface area contributed by atoms with E-state index in [1.54, 1.807) is 36.4 Å². The molecule has 174 valence electrons. The number of carbonyl (C=O) groups is 1. The Morgan fingerprint density at radius 1 is 0.970 bits per heavy atom. The maximum Gasteiger partial charge on any atom is 0.264 e. The molecule has 3 rings (SSSR count). The second-order valence-corrected chi connectivity index (χ2v) is 10.2. The topological polar surface area (TPSA) is 75.7 Å². The van der Waals surface area contributed by atoms with Crippen molar-refractivity contribution in [3.63, 3.8) is 0 Å². The summed E-state index contributed by atoms with van der Waals surface area (Å²) in [5, 5.41) is 2.75. The van der Waals surface area contributed by atoms with Gasteiger partial charge in [0.2, 0.25) is 5.91 Å². The Labute approximate surface area is 200 Å². The van der Waals surface area contributed by atoms with Crippen molar-refractivity contribution in [3.05, 3.63) is 83.9 Å². The van der Waals surface area contributed by atoms with Crippen molar-refractivity contribution in [2.45, 2.75) is 23.6 Å². The number of sulfonamides is 1.